The number of hydrogen-bond donors (Lipinski definition) is 5. The Balaban J connectivity index is 1.89. The van der Waals surface area contributed by atoms with Gasteiger partial charge < -0.3 is 25.1 Å². The van der Waals surface area contributed by atoms with E-state index in [0.717, 1.165) is 4.90 Å². The Hall–Kier alpha value is -0.740. The maximum atomic E-state index is 11.7. The minimum atomic E-state index is -0.948. The van der Waals surface area contributed by atoms with Crippen molar-refractivity contribution in [3.8, 4) is 0 Å². The smallest absolute Gasteiger partial charge is 0.324 e. The number of halogens is 1. The van der Waals surface area contributed by atoms with E-state index in [1.165, 1.54) is 4.90 Å². The molecule has 5 atom stereocenters. The number of nitrogens with zero attached hydrogens (tertiary/aromatic N) is 1. The zero-order valence-corrected chi connectivity index (χ0v) is 12.4. The highest BCUT2D eigenvalue weighted by molar-refractivity contribution is 9.10. The zero-order valence-electron chi connectivity index (χ0n) is 10.8. The fourth-order valence-corrected chi connectivity index (χ4v) is 3.13. The van der Waals surface area contributed by atoms with E-state index >= 15 is 0 Å². The number of quaternary nitrogens is 1. The Morgan fingerprint density at radius 1 is 1.40 bits per heavy atom. The second-order valence-corrected chi connectivity index (χ2v) is 6.27. The van der Waals surface area contributed by atoms with Crippen molar-refractivity contribution in [1.29, 1.82) is 0 Å². The van der Waals surface area contributed by atoms with Gasteiger partial charge in [0.2, 0.25) is 5.91 Å². The second kappa shape index (κ2) is 6.35. The number of aliphatic hydroxyl groups excluding tert-OH is 3. The molecule has 0 radical (unpaired) electrons. The van der Waals surface area contributed by atoms with Crippen LogP contribution in [0, 0.1) is 0 Å². The first-order valence-corrected chi connectivity index (χ1v) is 7.41. The molecule has 2 aliphatic rings. The van der Waals surface area contributed by atoms with E-state index < -0.39 is 29.1 Å². The largest absolute Gasteiger partial charge is 0.390 e. The van der Waals surface area contributed by atoms with Crippen LogP contribution in [0.4, 0.5) is 4.79 Å². The standard InChI is InChI=1S/C11H18BrN3O5/c12-6-3-15(11(20)13-10(6)19)2-1-14-4-8(17)9(18)7(14)5-16/h6-9,16-18H,1-5H2,(H,13,19,20)/p+1/t6?,7-,8?,9?/m1/s1. The molecule has 5 N–H and O–H groups in total. The number of imide groups is 1. The first-order valence-electron chi connectivity index (χ1n) is 6.49. The molecule has 2 saturated heterocycles. The topological polar surface area (TPSA) is 115 Å². The number of hydrogen-bond acceptors (Lipinski definition) is 5. The van der Waals surface area contributed by atoms with Crippen molar-refractivity contribution < 1.29 is 29.8 Å². The molecule has 20 heavy (non-hydrogen) atoms. The first kappa shape index (κ1) is 15.6. The average molecular weight is 353 g/mol. The molecule has 0 bridgehead atoms. The third-order valence-electron chi connectivity index (χ3n) is 3.88. The lowest BCUT2D eigenvalue weighted by Crippen LogP contribution is -3.15. The van der Waals surface area contributed by atoms with Crippen molar-refractivity contribution in [2.24, 2.45) is 0 Å². The summed E-state index contributed by atoms with van der Waals surface area (Å²) in [6.07, 6.45) is -1.81. The summed E-state index contributed by atoms with van der Waals surface area (Å²) in [5.74, 6) is -0.348. The third kappa shape index (κ3) is 3.12. The van der Waals surface area contributed by atoms with Crippen molar-refractivity contribution >= 4 is 27.9 Å². The van der Waals surface area contributed by atoms with Gasteiger partial charge in [-0.2, -0.15) is 0 Å². The highest BCUT2D eigenvalue weighted by Gasteiger charge is 2.43. The molecular formula is C11H19BrN3O5+. The summed E-state index contributed by atoms with van der Waals surface area (Å²) in [5.41, 5.74) is 0. The molecule has 0 aromatic carbocycles. The van der Waals surface area contributed by atoms with Gasteiger partial charge in [-0.05, 0) is 0 Å². The molecule has 2 rings (SSSR count). The Labute approximate surface area is 124 Å². The molecule has 114 valence electrons. The molecule has 0 saturated carbocycles. The molecule has 2 fully saturated rings. The summed E-state index contributed by atoms with van der Waals surface area (Å²) in [4.78, 5) is 24.9. The molecule has 4 unspecified atom stereocenters. The normalized spacial score (nSPS) is 38.2. The number of amides is 3. The summed E-state index contributed by atoms with van der Waals surface area (Å²) in [5, 5.41) is 30.8. The summed E-state index contributed by atoms with van der Waals surface area (Å²) in [6, 6.07) is -0.884. The summed E-state index contributed by atoms with van der Waals surface area (Å²) < 4.78 is 0. The zero-order chi connectivity index (χ0) is 14.9. The van der Waals surface area contributed by atoms with Crippen LogP contribution in [-0.4, -0.2) is 88.0 Å². The second-order valence-electron chi connectivity index (χ2n) is 5.17. The van der Waals surface area contributed by atoms with Gasteiger partial charge >= 0.3 is 6.03 Å². The summed E-state index contributed by atoms with van der Waals surface area (Å²) >= 11 is 3.19. The quantitative estimate of drug-likeness (QED) is 0.334. The van der Waals surface area contributed by atoms with E-state index in [1.54, 1.807) is 0 Å². The van der Waals surface area contributed by atoms with Crippen LogP contribution in [0.25, 0.3) is 0 Å². The van der Waals surface area contributed by atoms with Crippen molar-refractivity contribution in [3.63, 3.8) is 0 Å². The number of rotatable bonds is 4. The van der Waals surface area contributed by atoms with Crippen molar-refractivity contribution in [2.45, 2.75) is 23.1 Å². The van der Waals surface area contributed by atoms with E-state index in [1.807, 2.05) is 0 Å². The van der Waals surface area contributed by atoms with E-state index in [9.17, 15) is 24.9 Å². The van der Waals surface area contributed by atoms with Gasteiger partial charge in [-0.15, -0.1) is 0 Å². The molecule has 3 amide bonds. The van der Waals surface area contributed by atoms with Crippen molar-refractivity contribution in [3.05, 3.63) is 0 Å². The van der Waals surface area contributed by atoms with Crippen LogP contribution in [-0.2, 0) is 4.79 Å². The number of nitrogens with one attached hydrogen (secondary N) is 2. The highest BCUT2D eigenvalue weighted by Crippen LogP contribution is 2.09. The molecule has 2 aliphatic heterocycles. The summed E-state index contributed by atoms with van der Waals surface area (Å²) in [6.45, 7) is 1.26. The Morgan fingerprint density at radius 2 is 2.10 bits per heavy atom. The monoisotopic (exact) mass is 352 g/mol. The van der Waals surface area contributed by atoms with Crippen LogP contribution in [0.3, 0.4) is 0 Å². The van der Waals surface area contributed by atoms with Gasteiger partial charge in [0, 0.05) is 6.54 Å². The van der Waals surface area contributed by atoms with Gasteiger partial charge in [-0.1, -0.05) is 15.9 Å². The lowest BCUT2D eigenvalue weighted by atomic mass is 10.1. The fraction of sp³-hybridized carbons (Fsp3) is 0.818. The first-order chi connectivity index (χ1) is 9.43. The van der Waals surface area contributed by atoms with Gasteiger partial charge in [0.25, 0.3) is 0 Å². The minimum Gasteiger partial charge on any atom is -0.390 e. The molecule has 0 aliphatic carbocycles. The predicted octanol–water partition coefficient (Wildman–Crippen LogP) is -3.72. The van der Waals surface area contributed by atoms with Crippen LogP contribution in [0.5, 0.6) is 0 Å². The van der Waals surface area contributed by atoms with Crippen LogP contribution in [0.2, 0.25) is 0 Å². The Morgan fingerprint density at radius 3 is 2.75 bits per heavy atom. The lowest BCUT2D eigenvalue weighted by Gasteiger charge is -2.30. The number of alkyl halides is 1. The van der Waals surface area contributed by atoms with Gasteiger partial charge in [-0.25, -0.2) is 4.79 Å². The maximum absolute atomic E-state index is 11.7. The number of likely N-dealkylation sites (tertiary alicyclic amines) is 1. The van der Waals surface area contributed by atoms with E-state index in [4.69, 9.17) is 0 Å². The maximum Gasteiger partial charge on any atom is 0.324 e. The van der Waals surface area contributed by atoms with Crippen LogP contribution >= 0.6 is 15.9 Å². The van der Waals surface area contributed by atoms with Gasteiger partial charge in [0.05, 0.1) is 19.7 Å². The summed E-state index contributed by atoms with van der Waals surface area (Å²) in [7, 11) is 0. The van der Waals surface area contributed by atoms with E-state index in [0.29, 0.717) is 19.6 Å². The van der Waals surface area contributed by atoms with Gasteiger partial charge in [-0.3, -0.25) is 10.1 Å². The molecule has 0 spiro atoms. The third-order valence-corrected chi connectivity index (χ3v) is 4.59. The number of carbonyl (C=O) groups is 2. The van der Waals surface area contributed by atoms with Crippen LogP contribution < -0.4 is 10.2 Å². The highest BCUT2D eigenvalue weighted by atomic mass is 79.9. The van der Waals surface area contributed by atoms with Crippen LogP contribution in [0.1, 0.15) is 0 Å². The molecule has 9 heteroatoms. The molecule has 8 nitrogen and oxygen atoms in total. The van der Waals surface area contributed by atoms with E-state index in [2.05, 4.69) is 21.2 Å². The predicted molar refractivity (Wildman–Crippen MR) is 71.4 cm³/mol. The molecule has 0 aromatic heterocycles. The van der Waals surface area contributed by atoms with Crippen molar-refractivity contribution in [1.82, 2.24) is 10.2 Å². The van der Waals surface area contributed by atoms with Crippen LogP contribution in [0.15, 0.2) is 0 Å². The molecule has 0 aromatic rings. The van der Waals surface area contributed by atoms with E-state index in [-0.39, 0.29) is 19.1 Å². The van der Waals surface area contributed by atoms with Gasteiger partial charge in [0.1, 0.15) is 29.6 Å². The Bertz CT molecular complexity index is 396. The molecular weight excluding hydrogens is 334 g/mol. The number of aliphatic hydroxyl groups is 3. The van der Waals surface area contributed by atoms with Crippen molar-refractivity contribution in [2.75, 3.05) is 32.8 Å². The van der Waals surface area contributed by atoms with Gasteiger partial charge in [0.15, 0.2) is 0 Å². The minimum absolute atomic E-state index is 0.223. The average Bonchev–Trinajstić information content (AvgIpc) is 2.67. The number of urea groups is 1. The Kier molecular flexibility index (Phi) is 4.97. The number of carbonyl (C=O) groups excluding carboxylic acids is 2. The molecule has 2 heterocycles. The fourth-order valence-electron chi connectivity index (χ4n) is 2.67. The lowest BCUT2D eigenvalue weighted by molar-refractivity contribution is -0.914. The SMILES string of the molecule is O=C1NC(=O)N(CC[NH+]2CC(O)C(O)[C@H]2CO)CC1Br.